The standard InChI is InChI=1S/C23H17N3O/c27-23-22-20(15-26(23)14-17-10-6-7-13-24-17)25-19-12-5-4-11-18(19)21(22)16-8-2-1-3-9-16/h1-13H,14-15H2. The van der Waals surface area contributed by atoms with Crippen molar-refractivity contribution in [2.75, 3.05) is 0 Å². The quantitative estimate of drug-likeness (QED) is 0.548. The highest BCUT2D eigenvalue weighted by molar-refractivity contribution is 6.11. The molecule has 2 aromatic carbocycles. The van der Waals surface area contributed by atoms with Crippen LogP contribution in [0, 0.1) is 0 Å². The predicted octanol–water partition coefficient (Wildman–Crippen LogP) is 4.45. The van der Waals surface area contributed by atoms with Crippen LogP contribution in [0.25, 0.3) is 22.0 Å². The topological polar surface area (TPSA) is 46.1 Å². The van der Waals surface area contributed by atoms with Gasteiger partial charge in [-0.15, -0.1) is 0 Å². The molecule has 130 valence electrons. The summed E-state index contributed by atoms with van der Waals surface area (Å²) in [5.41, 5.74) is 5.38. The summed E-state index contributed by atoms with van der Waals surface area (Å²) in [6.45, 7) is 0.996. The highest BCUT2D eigenvalue weighted by Gasteiger charge is 2.33. The smallest absolute Gasteiger partial charge is 0.257 e. The fraction of sp³-hybridized carbons (Fsp3) is 0.0870. The molecule has 0 saturated carbocycles. The number of nitrogens with zero attached hydrogens (tertiary/aromatic N) is 3. The van der Waals surface area contributed by atoms with Crippen LogP contribution in [0.5, 0.6) is 0 Å². The van der Waals surface area contributed by atoms with Gasteiger partial charge in [-0.05, 0) is 23.8 Å². The summed E-state index contributed by atoms with van der Waals surface area (Å²) in [6, 6.07) is 23.9. The molecule has 4 nitrogen and oxygen atoms in total. The van der Waals surface area contributed by atoms with Crippen LogP contribution in [-0.2, 0) is 13.1 Å². The Balaban J connectivity index is 1.67. The van der Waals surface area contributed by atoms with Crippen molar-refractivity contribution < 1.29 is 4.79 Å². The molecule has 0 radical (unpaired) electrons. The van der Waals surface area contributed by atoms with Crippen molar-refractivity contribution in [3.05, 3.63) is 95.9 Å². The number of pyridine rings is 2. The van der Waals surface area contributed by atoms with E-state index < -0.39 is 0 Å². The van der Waals surface area contributed by atoms with E-state index in [1.165, 1.54) is 0 Å². The first-order chi connectivity index (χ1) is 13.3. The third-order valence-electron chi connectivity index (χ3n) is 4.95. The minimum absolute atomic E-state index is 0.0211. The van der Waals surface area contributed by atoms with Crippen LogP contribution in [-0.4, -0.2) is 20.8 Å². The van der Waals surface area contributed by atoms with E-state index in [2.05, 4.69) is 17.1 Å². The summed E-state index contributed by atoms with van der Waals surface area (Å²) >= 11 is 0. The van der Waals surface area contributed by atoms with Crippen molar-refractivity contribution in [2.45, 2.75) is 13.1 Å². The molecule has 0 atom stereocenters. The molecular weight excluding hydrogens is 334 g/mol. The lowest BCUT2D eigenvalue weighted by Crippen LogP contribution is -2.24. The van der Waals surface area contributed by atoms with Crippen molar-refractivity contribution in [3.63, 3.8) is 0 Å². The molecule has 1 aliphatic rings. The zero-order valence-electron chi connectivity index (χ0n) is 14.7. The van der Waals surface area contributed by atoms with Crippen LogP contribution in [0.2, 0.25) is 0 Å². The SMILES string of the molecule is O=C1c2c(nc3ccccc3c2-c2ccccc2)CN1Cc1ccccn1. The van der Waals surface area contributed by atoms with Crippen LogP contribution in [0.1, 0.15) is 21.7 Å². The molecule has 5 rings (SSSR count). The van der Waals surface area contributed by atoms with E-state index in [-0.39, 0.29) is 5.91 Å². The maximum atomic E-state index is 13.3. The van der Waals surface area contributed by atoms with Crippen molar-refractivity contribution in [1.82, 2.24) is 14.9 Å². The molecule has 0 fully saturated rings. The zero-order valence-corrected chi connectivity index (χ0v) is 14.7. The van der Waals surface area contributed by atoms with E-state index in [1.54, 1.807) is 6.20 Å². The normalized spacial score (nSPS) is 13.2. The second-order valence-corrected chi connectivity index (χ2v) is 6.67. The Labute approximate surface area is 157 Å². The van der Waals surface area contributed by atoms with Gasteiger partial charge in [0, 0.05) is 17.1 Å². The maximum Gasteiger partial charge on any atom is 0.257 e. The molecule has 0 saturated heterocycles. The largest absolute Gasteiger partial charge is 0.327 e. The van der Waals surface area contributed by atoms with E-state index in [1.807, 2.05) is 65.6 Å². The minimum Gasteiger partial charge on any atom is -0.327 e. The molecular formula is C23H17N3O. The van der Waals surface area contributed by atoms with Gasteiger partial charge >= 0.3 is 0 Å². The molecule has 2 aromatic heterocycles. The number of hydrogen-bond acceptors (Lipinski definition) is 3. The summed E-state index contributed by atoms with van der Waals surface area (Å²) in [6.07, 6.45) is 1.75. The first-order valence-electron chi connectivity index (χ1n) is 8.97. The van der Waals surface area contributed by atoms with Crippen LogP contribution in [0.4, 0.5) is 0 Å². The van der Waals surface area contributed by atoms with Crippen molar-refractivity contribution in [1.29, 1.82) is 0 Å². The van der Waals surface area contributed by atoms with Crippen LogP contribution in [0.3, 0.4) is 0 Å². The lowest BCUT2D eigenvalue weighted by molar-refractivity contribution is 0.0765. The van der Waals surface area contributed by atoms with Crippen molar-refractivity contribution in [3.8, 4) is 11.1 Å². The molecule has 0 N–H and O–H groups in total. The lowest BCUT2D eigenvalue weighted by atomic mass is 9.95. The highest BCUT2D eigenvalue weighted by atomic mass is 16.2. The maximum absolute atomic E-state index is 13.3. The van der Waals surface area contributed by atoms with Crippen LogP contribution < -0.4 is 0 Å². The summed E-state index contributed by atoms with van der Waals surface area (Å²) in [5, 5.41) is 1.01. The summed E-state index contributed by atoms with van der Waals surface area (Å²) in [5.74, 6) is 0.0211. The van der Waals surface area contributed by atoms with Crippen molar-refractivity contribution >= 4 is 16.8 Å². The Bertz CT molecular complexity index is 1140. The molecule has 0 bridgehead atoms. The number of para-hydroxylation sites is 1. The van der Waals surface area contributed by atoms with Gasteiger partial charge in [-0.3, -0.25) is 14.8 Å². The molecule has 4 aromatic rings. The zero-order chi connectivity index (χ0) is 18.2. The Hall–Kier alpha value is -3.53. The first-order valence-corrected chi connectivity index (χ1v) is 8.97. The van der Waals surface area contributed by atoms with E-state index in [0.717, 1.165) is 39.0 Å². The van der Waals surface area contributed by atoms with Gasteiger partial charge in [-0.25, -0.2) is 0 Å². The monoisotopic (exact) mass is 351 g/mol. The first kappa shape index (κ1) is 15.7. The molecule has 27 heavy (non-hydrogen) atoms. The number of fused-ring (bicyclic) bond motifs is 2. The van der Waals surface area contributed by atoms with Gasteiger partial charge in [0.1, 0.15) is 0 Å². The fourth-order valence-corrected chi connectivity index (χ4v) is 3.74. The van der Waals surface area contributed by atoms with Gasteiger partial charge in [0.25, 0.3) is 5.91 Å². The molecule has 4 heteroatoms. The third-order valence-corrected chi connectivity index (χ3v) is 4.95. The van der Waals surface area contributed by atoms with Gasteiger partial charge < -0.3 is 4.90 Å². The average Bonchev–Trinajstić information content (AvgIpc) is 3.02. The Kier molecular flexibility index (Phi) is 3.68. The Morgan fingerprint density at radius 3 is 2.44 bits per heavy atom. The van der Waals surface area contributed by atoms with Gasteiger partial charge in [0.05, 0.1) is 35.6 Å². The number of carbonyl (C=O) groups excluding carboxylic acids is 1. The van der Waals surface area contributed by atoms with E-state index in [0.29, 0.717) is 13.1 Å². The second kappa shape index (κ2) is 6.32. The Morgan fingerprint density at radius 2 is 1.63 bits per heavy atom. The molecule has 1 aliphatic heterocycles. The number of amides is 1. The molecule has 1 amide bonds. The second-order valence-electron chi connectivity index (χ2n) is 6.67. The van der Waals surface area contributed by atoms with Gasteiger partial charge in [-0.1, -0.05) is 54.6 Å². The van der Waals surface area contributed by atoms with Gasteiger partial charge in [0.15, 0.2) is 0 Å². The molecule has 0 unspecified atom stereocenters. The number of hydrogen-bond donors (Lipinski definition) is 0. The molecule has 0 spiro atoms. The minimum atomic E-state index is 0.0211. The molecule has 0 aliphatic carbocycles. The number of carbonyl (C=O) groups is 1. The third kappa shape index (κ3) is 2.66. The number of benzene rings is 2. The van der Waals surface area contributed by atoms with E-state index >= 15 is 0 Å². The van der Waals surface area contributed by atoms with Gasteiger partial charge in [-0.2, -0.15) is 0 Å². The molecule has 3 heterocycles. The summed E-state index contributed by atoms with van der Waals surface area (Å²) < 4.78 is 0. The lowest BCUT2D eigenvalue weighted by Gasteiger charge is -2.15. The average molecular weight is 351 g/mol. The number of aromatic nitrogens is 2. The van der Waals surface area contributed by atoms with Crippen molar-refractivity contribution in [2.24, 2.45) is 0 Å². The summed E-state index contributed by atoms with van der Waals surface area (Å²) in [4.78, 5) is 24.3. The van der Waals surface area contributed by atoms with Crippen LogP contribution >= 0.6 is 0 Å². The number of rotatable bonds is 3. The van der Waals surface area contributed by atoms with Gasteiger partial charge in [0.2, 0.25) is 0 Å². The predicted molar refractivity (Wildman–Crippen MR) is 105 cm³/mol. The fourth-order valence-electron chi connectivity index (χ4n) is 3.74. The summed E-state index contributed by atoms with van der Waals surface area (Å²) in [7, 11) is 0. The van der Waals surface area contributed by atoms with E-state index in [9.17, 15) is 4.79 Å². The van der Waals surface area contributed by atoms with E-state index in [4.69, 9.17) is 4.98 Å². The Morgan fingerprint density at radius 1 is 0.852 bits per heavy atom. The highest BCUT2D eigenvalue weighted by Crippen LogP contribution is 2.37. The van der Waals surface area contributed by atoms with Crippen LogP contribution in [0.15, 0.2) is 79.0 Å².